The Morgan fingerprint density at radius 2 is 2.25 bits per heavy atom. The van der Waals surface area contributed by atoms with Gasteiger partial charge in [0.05, 0.1) is 19.1 Å². The fraction of sp³-hybridized carbons (Fsp3) is 0.200. The number of hydrogen-bond acceptors (Lipinski definition) is 6. The second-order valence-electron chi connectivity index (χ2n) is 3.12. The Hall–Kier alpha value is -1.92. The Bertz CT molecular complexity index is 427. The molecule has 0 aliphatic heterocycles. The third-order valence-electron chi connectivity index (χ3n) is 2.16. The average molecular weight is 220 g/mol. The molecule has 2 aromatic heterocycles. The van der Waals surface area contributed by atoms with Crippen LogP contribution in [0.15, 0.2) is 34.9 Å². The first kappa shape index (κ1) is 10.6. The number of rotatable bonds is 4. The van der Waals surface area contributed by atoms with Gasteiger partial charge in [-0.25, -0.2) is 5.43 Å². The van der Waals surface area contributed by atoms with Crippen molar-refractivity contribution in [1.82, 2.24) is 15.6 Å². The van der Waals surface area contributed by atoms with Crippen molar-refractivity contribution in [2.75, 3.05) is 7.11 Å². The Morgan fingerprint density at radius 3 is 2.75 bits per heavy atom. The number of nitrogens with two attached hydrogens (primary N) is 1. The van der Waals surface area contributed by atoms with Crippen LogP contribution in [0.25, 0.3) is 0 Å². The maximum absolute atomic E-state index is 5.46. The first-order valence-electron chi connectivity index (χ1n) is 4.72. The third-order valence-corrected chi connectivity index (χ3v) is 2.16. The molecule has 0 bridgehead atoms. The lowest BCUT2D eigenvalue weighted by molar-refractivity contribution is 0.388. The molecule has 0 amide bonds. The molecule has 3 N–H and O–H groups in total. The molecule has 0 saturated carbocycles. The topological polar surface area (TPSA) is 86.2 Å². The highest BCUT2D eigenvalue weighted by atomic mass is 16.5. The number of aromatic nitrogens is 2. The van der Waals surface area contributed by atoms with Gasteiger partial charge in [0.2, 0.25) is 5.88 Å². The van der Waals surface area contributed by atoms with Crippen LogP contribution in [0, 0.1) is 0 Å². The molecule has 2 rings (SSSR count). The van der Waals surface area contributed by atoms with Crippen LogP contribution in [0.5, 0.6) is 5.88 Å². The van der Waals surface area contributed by atoms with Crippen LogP contribution < -0.4 is 16.0 Å². The van der Waals surface area contributed by atoms with Gasteiger partial charge >= 0.3 is 0 Å². The zero-order valence-corrected chi connectivity index (χ0v) is 8.75. The van der Waals surface area contributed by atoms with E-state index in [0.29, 0.717) is 17.3 Å². The van der Waals surface area contributed by atoms with E-state index < -0.39 is 0 Å². The van der Waals surface area contributed by atoms with E-state index in [4.69, 9.17) is 15.0 Å². The molecular weight excluding hydrogens is 208 g/mol. The van der Waals surface area contributed by atoms with Gasteiger partial charge in [-0.3, -0.25) is 5.84 Å². The lowest BCUT2D eigenvalue weighted by Gasteiger charge is -2.11. The van der Waals surface area contributed by atoms with Crippen molar-refractivity contribution in [2.24, 2.45) is 5.84 Å². The molecule has 0 aliphatic carbocycles. The maximum atomic E-state index is 5.46. The van der Waals surface area contributed by atoms with Gasteiger partial charge in [0.15, 0.2) is 0 Å². The van der Waals surface area contributed by atoms with E-state index >= 15 is 0 Å². The Morgan fingerprint density at radius 1 is 1.38 bits per heavy atom. The first-order chi connectivity index (χ1) is 7.85. The smallest absolute Gasteiger partial charge is 0.233 e. The zero-order valence-electron chi connectivity index (χ0n) is 8.75. The lowest BCUT2D eigenvalue weighted by atomic mass is 10.1. The highest BCUT2D eigenvalue weighted by Gasteiger charge is 2.16. The molecule has 1 atom stereocenters. The average Bonchev–Trinajstić information content (AvgIpc) is 2.85. The predicted octanol–water partition coefficient (Wildman–Crippen LogP) is 0.631. The summed E-state index contributed by atoms with van der Waals surface area (Å²) in [6.07, 6.45) is 1.58. The van der Waals surface area contributed by atoms with Crippen molar-refractivity contribution in [3.05, 3.63) is 42.0 Å². The quantitative estimate of drug-likeness (QED) is 0.580. The van der Waals surface area contributed by atoms with Crippen LogP contribution in [0.1, 0.15) is 17.5 Å². The van der Waals surface area contributed by atoms with Crippen LogP contribution in [-0.2, 0) is 0 Å². The van der Waals surface area contributed by atoms with Crippen molar-refractivity contribution < 1.29 is 9.15 Å². The monoisotopic (exact) mass is 220 g/mol. The molecule has 0 saturated heterocycles. The summed E-state index contributed by atoms with van der Waals surface area (Å²) in [6.45, 7) is 0. The number of methoxy groups -OCH3 is 1. The summed E-state index contributed by atoms with van der Waals surface area (Å²) in [6, 6.07) is 6.79. The summed E-state index contributed by atoms with van der Waals surface area (Å²) < 4.78 is 10.2. The van der Waals surface area contributed by atoms with E-state index in [9.17, 15) is 0 Å². The van der Waals surface area contributed by atoms with Crippen LogP contribution in [0.4, 0.5) is 0 Å². The van der Waals surface area contributed by atoms with Crippen LogP contribution in [0.2, 0.25) is 0 Å². The summed E-state index contributed by atoms with van der Waals surface area (Å²) in [5.41, 5.74) is 3.29. The minimum Gasteiger partial charge on any atom is -0.480 e. The number of hydrogen-bond donors (Lipinski definition) is 2. The molecule has 6 nitrogen and oxygen atoms in total. The maximum Gasteiger partial charge on any atom is 0.233 e. The van der Waals surface area contributed by atoms with Crippen molar-refractivity contribution in [3.8, 4) is 5.88 Å². The summed E-state index contributed by atoms with van der Waals surface area (Å²) in [4.78, 5) is 0. The lowest BCUT2D eigenvalue weighted by Crippen LogP contribution is -2.29. The van der Waals surface area contributed by atoms with Crippen molar-refractivity contribution in [3.63, 3.8) is 0 Å². The number of nitrogens with one attached hydrogen (secondary N) is 1. The summed E-state index contributed by atoms with van der Waals surface area (Å²) >= 11 is 0. The van der Waals surface area contributed by atoms with Gasteiger partial charge < -0.3 is 9.15 Å². The van der Waals surface area contributed by atoms with E-state index in [2.05, 4.69) is 15.6 Å². The van der Waals surface area contributed by atoms with Gasteiger partial charge in [0.25, 0.3) is 0 Å². The van der Waals surface area contributed by atoms with Gasteiger partial charge in [0.1, 0.15) is 11.8 Å². The van der Waals surface area contributed by atoms with E-state index in [1.165, 1.54) is 7.11 Å². The molecule has 6 heteroatoms. The van der Waals surface area contributed by atoms with E-state index in [0.717, 1.165) is 0 Å². The fourth-order valence-electron chi connectivity index (χ4n) is 1.36. The van der Waals surface area contributed by atoms with Crippen LogP contribution in [-0.4, -0.2) is 17.3 Å². The van der Waals surface area contributed by atoms with Crippen molar-refractivity contribution in [1.29, 1.82) is 0 Å². The molecule has 84 valence electrons. The molecule has 16 heavy (non-hydrogen) atoms. The normalized spacial score (nSPS) is 12.4. The highest BCUT2D eigenvalue weighted by Crippen LogP contribution is 2.20. The molecule has 0 aliphatic rings. The number of nitrogens with zero attached hydrogens (tertiary/aromatic N) is 2. The third kappa shape index (κ3) is 2.02. The number of furan rings is 1. The van der Waals surface area contributed by atoms with Crippen molar-refractivity contribution in [2.45, 2.75) is 6.04 Å². The molecule has 1 unspecified atom stereocenters. The highest BCUT2D eigenvalue weighted by molar-refractivity contribution is 5.21. The summed E-state index contributed by atoms with van der Waals surface area (Å²) in [7, 11) is 1.54. The minimum absolute atomic E-state index is 0.312. The molecule has 0 radical (unpaired) electrons. The second kappa shape index (κ2) is 4.73. The summed E-state index contributed by atoms with van der Waals surface area (Å²) in [5.74, 6) is 6.60. The molecule has 2 aromatic rings. The van der Waals surface area contributed by atoms with Gasteiger partial charge in [-0.2, -0.15) is 0 Å². The zero-order chi connectivity index (χ0) is 11.4. The van der Waals surface area contributed by atoms with Gasteiger partial charge in [-0.1, -0.05) is 0 Å². The molecular formula is C10H12N4O2. The van der Waals surface area contributed by atoms with E-state index in [1.807, 2.05) is 6.07 Å². The molecule has 0 fully saturated rings. The molecule has 0 aromatic carbocycles. The van der Waals surface area contributed by atoms with Gasteiger partial charge in [-0.15, -0.1) is 10.2 Å². The standard InChI is InChI=1S/C10H12N4O2/c1-15-9-5-4-7(13-14-9)10(12-11)8-3-2-6-16-8/h2-6,10,12H,11H2,1H3. The van der Waals surface area contributed by atoms with Gasteiger partial charge in [0, 0.05) is 6.07 Å². The van der Waals surface area contributed by atoms with Crippen LogP contribution in [0.3, 0.4) is 0 Å². The summed E-state index contributed by atoms with van der Waals surface area (Å²) in [5, 5.41) is 7.87. The minimum atomic E-state index is -0.312. The number of hydrazine groups is 1. The van der Waals surface area contributed by atoms with Crippen molar-refractivity contribution >= 4 is 0 Å². The molecule has 2 heterocycles. The van der Waals surface area contributed by atoms with E-state index in [-0.39, 0.29) is 6.04 Å². The molecule has 0 spiro atoms. The predicted molar refractivity (Wildman–Crippen MR) is 56.5 cm³/mol. The van der Waals surface area contributed by atoms with Gasteiger partial charge in [-0.05, 0) is 18.2 Å². The first-order valence-corrected chi connectivity index (χ1v) is 4.72. The number of ether oxygens (including phenoxy) is 1. The Kier molecular flexibility index (Phi) is 3.13. The van der Waals surface area contributed by atoms with E-state index in [1.54, 1.807) is 24.5 Å². The fourth-order valence-corrected chi connectivity index (χ4v) is 1.36. The largest absolute Gasteiger partial charge is 0.480 e. The Labute approximate surface area is 92.4 Å². The SMILES string of the molecule is COc1ccc(C(NN)c2ccco2)nn1. The van der Waals surface area contributed by atoms with Crippen LogP contribution >= 0.6 is 0 Å². The Balaban J connectivity index is 2.27. The second-order valence-corrected chi connectivity index (χ2v) is 3.12.